The van der Waals surface area contributed by atoms with E-state index < -0.39 is 0 Å². The van der Waals surface area contributed by atoms with Crippen molar-refractivity contribution in [2.75, 3.05) is 26.7 Å². The van der Waals surface area contributed by atoms with E-state index in [0.29, 0.717) is 0 Å². The number of rotatable bonds is 8. The third-order valence-electron chi connectivity index (χ3n) is 4.67. The van der Waals surface area contributed by atoms with E-state index in [1.54, 1.807) is 0 Å². The monoisotopic (exact) mass is 288 g/mol. The molecule has 2 rings (SSSR count). The molecule has 2 unspecified atom stereocenters. The first-order chi connectivity index (χ1) is 10.2. The minimum atomic E-state index is 0.927. The van der Waals surface area contributed by atoms with Gasteiger partial charge < -0.3 is 10.2 Å². The van der Waals surface area contributed by atoms with E-state index in [9.17, 15) is 0 Å². The van der Waals surface area contributed by atoms with Gasteiger partial charge in [0.2, 0.25) is 0 Å². The van der Waals surface area contributed by atoms with Crippen LogP contribution in [-0.4, -0.2) is 31.6 Å². The van der Waals surface area contributed by atoms with Crippen molar-refractivity contribution in [1.29, 1.82) is 0 Å². The van der Waals surface area contributed by atoms with Gasteiger partial charge in [0.25, 0.3) is 0 Å². The molecule has 21 heavy (non-hydrogen) atoms. The van der Waals surface area contributed by atoms with Crippen LogP contribution in [0.3, 0.4) is 0 Å². The summed E-state index contributed by atoms with van der Waals surface area (Å²) in [4.78, 5) is 2.42. The molecule has 0 aromatic heterocycles. The number of nitrogens with zero attached hydrogens (tertiary/aromatic N) is 1. The van der Waals surface area contributed by atoms with E-state index in [1.165, 1.54) is 50.8 Å². The molecule has 0 bridgehead atoms. The van der Waals surface area contributed by atoms with Gasteiger partial charge >= 0.3 is 0 Å². The van der Waals surface area contributed by atoms with Crippen LogP contribution in [-0.2, 0) is 6.54 Å². The molecule has 2 heteroatoms. The molecule has 1 N–H and O–H groups in total. The zero-order valence-corrected chi connectivity index (χ0v) is 13.9. The number of benzene rings is 1. The predicted octanol–water partition coefficient (Wildman–Crippen LogP) is 3.92. The Bertz CT molecular complexity index is 376. The van der Waals surface area contributed by atoms with Gasteiger partial charge in [-0.1, -0.05) is 50.1 Å². The second-order valence-corrected chi connectivity index (χ2v) is 6.92. The SMILES string of the molecule is CC1CCCC(CNCCCN(C)Cc2ccccc2)C1. The third-order valence-corrected chi connectivity index (χ3v) is 4.67. The molecular formula is C19H32N2. The Morgan fingerprint density at radius 2 is 2.00 bits per heavy atom. The van der Waals surface area contributed by atoms with Crippen LogP contribution in [0.2, 0.25) is 0 Å². The van der Waals surface area contributed by atoms with Gasteiger partial charge in [-0.15, -0.1) is 0 Å². The van der Waals surface area contributed by atoms with Gasteiger partial charge in [-0.25, -0.2) is 0 Å². The molecule has 1 aromatic carbocycles. The summed E-state index contributed by atoms with van der Waals surface area (Å²) >= 11 is 0. The van der Waals surface area contributed by atoms with Gasteiger partial charge in [0, 0.05) is 6.54 Å². The molecule has 0 saturated heterocycles. The Balaban J connectivity index is 1.51. The molecule has 1 aliphatic rings. The van der Waals surface area contributed by atoms with Crippen molar-refractivity contribution >= 4 is 0 Å². The van der Waals surface area contributed by atoms with Gasteiger partial charge in [0.05, 0.1) is 0 Å². The van der Waals surface area contributed by atoms with Crippen molar-refractivity contribution < 1.29 is 0 Å². The predicted molar refractivity (Wildman–Crippen MR) is 91.4 cm³/mol. The Labute approximate surface area is 130 Å². The molecule has 1 aromatic rings. The maximum Gasteiger partial charge on any atom is 0.0230 e. The number of hydrogen-bond donors (Lipinski definition) is 1. The van der Waals surface area contributed by atoms with Gasteiger partial charge in [-0.2, -0.15) is 0 Å². The molecule has 0 radical (unpaired) electrons. The summed E-state index contributed by atoms with van der Waals surface area (Å²) < 4.78 is 0. The van der Waals surface area contributed by atoms with Crippen LogP contribution in [0.1, 0.15) is 44.6 Å². The van der Waals surface area contributed by atoms with Gasteiger partial charge in [0.1, 0.15) is 0 Å². The van der Waals surface area contributed by atoms with Crippen molar-refractivity contribution in [2.45, 2.75) is 45.6 Å². The minimum absolute atomic E-state index is 0.927. The third kappa shape index (κ3) is 6.62. The molecule has 0 amide bonds. The Kier molecular flexibility index (Phi) is 7.25. The summed E-state index contributed by atoms with van der Waals surface area (Å²) in [7, 11) is 2.22. The first-order valence-corrected chi connectivity index (χ1v) is 8.67. The van der Waals surface area contributed by atoms with E-state index in [4.69, 9.17) is 0 Å². The van der Waals surface area contributed by atoms with Crippen molar-refractivity contribution in [3.05, 3.63) is 35.9 Å². The van der Waals surface area contributed by atoms with E-state index in [-0.39, 0.29) is 0 Å². The molecule has 0 spiro atoms. The summed E-state index contributed by atoms with van der Waals surface area (Å²) in [5.74, 6) is 1.87. The van der Waals surface area contributed by atoms with Crippen LogP contribution in [0.15, 0.2) is 30.3 Å². The topological polar surface area (TPSA) is 15.3 Å². The van der Waals surface area contributed by atoms with E-state index in [0.717, 1.165) is 24.9 Å². The van der Waals surface area contributed by atoms with Crippen LogP contribution in [0.4, 0.5) is 0 Å². The second kappa shape index (κ2) is 9.22. The zero-order valence-electron chi connectivity index (χ0n) is 13.9. The first-order valence-electron chi connectivity index (χ1n) is 8.67. The highest BCUT2D eigenvalue weighted by atomic mass is 15.1. The standard InChI is InChI=1S/C19H32N2/c1-17-8-6-11-19(14-17)15-20-12-7-13-21(2)16-18-9-4-3-5-10-18/h3-5,9-10,17,19-20H,6-8,11-16H2,1-2H3. The molecule has 2 atom stereocenters. The smallest absolute Gasteiger partial charge is 0.0230 e. The molecule has 1 aliphatic carbocycles. The Morgan fingerprint density at radius 1 is 1.19 bits per heavy atom. The Hall–Kier alpha value is -0.860. The normalized spacial score (nSPS) is 22.6. The summed E-state index contributed by atoms with van der Waals surface area (Å²) in [5.41, 5.74) is 1.41. The molecule has 0 heterocycles. The summed E-state index contributed by atoms with van der Waals surface area (Å²) in [6.45, 7) is 7.02. The van der Waals surface area contributed by atoms with Crippen molar-refractivity contribution in [3.63, 3.8) is 0 Å². The fraction of sp³-hybridized carbons (Fsp3) is 0.684. The van der Waals surface area contributed by atoms with Crippen molar-refractivity contribution in [3.8, 4) is 0 Å². The molecule has 0 aliphatic heterocycles. The van der Waals surface area contributed by atoms with E-state index in [2.05, 4.69) is 54.5 Å². The lowest BCUT2D eigenvalue weighted by Gasteiger charge is -2.27. The quantitative estimate of drug-likeness (QED) is 0.729. The van der Waals surface area contributed by atoms with Crippen LogP contribution in [0.25, 0.3) is 0 Å². The van der Waals surface area contributed by atoms with Crippen LogP contribution >= 0.6 is 0 Å². The van der Waals surface area contributed by atoms with Crippen molar-refractivity contribution in [1.82, 2.24) is 10.2 Å². The lowest BCUT2D eigenvalue weighted by atomic mass is 9.82. The molecule has 2 nitrogen and oxygen atoms in total. The molecular weight excluding hydrogens is 256 g/mol. The van der Waals surface area contributed by atoms with Crippen LogP contribution in [0, 0.1) is 11.8 Å². The molecule has 1 saturated carbocycles. The van der Waals surface area contributed by atoms with Crippen LogP contribution in [0.5, 0.6) is 0 Å². The lowest BCUT2D eigenvalue weighted by Crippen LogP contribution is -2.29. The highest BCUT2D eigenvalue weighted by molar-refractivity contribution is 5.14. The van der Waals surface area contributed by atoms with Gasteiger partial charge in [-0.05, 0) is 63.3 Å². The number of hydrogen-bond acceptors (Lipinski definition) is 2. The highest BCUT2D eigenvalue weighted by Crippen LogP contribution is 2.27. The largest absolute Gasteiger partial charge is 0.316 e. The summed E-state index contributed by atoms with van der Waals surface area (Å²) in [5, 5.41) is 3.67. The molecule has 1 fully saturated rings. The van der Waals surface area contributed by atoms with E-state index in [1.807, 2.05) is 0 Å². The fourth-order valence-corrected chi connectivity index (χ4v) is 3.50. The maximum absolute atomic E-state index is 3.67. The average molecular weight is 288 g/mol. The number of nitrogens with one attached hydrogen (secondary N) is 1. The highest BCUT2D eigenvalue weighted by Gasteiger charge is 2.17. The van der Waals surface area contributed by atoms with Gasteiger partial charge in [0.15, 0.2) is 0 Å². The minimum Gasteiger partial charge on any atom is -0.316 e. The lowest BCUT2D eigenvalue weighted by molar-refractivity contribution is 0.270. The first kappa shape index (κ1) is 16.5. The summed E-state index contributed by atoms with van der Waals surface area (Å²) in [6, 6.07) is 10.7. The van der Waals surface area contributed by atoms with Gasteiger partial charge in [-0.3, -0.25) is 0 Å². The van der Waals surface area contributed by atoms with Crippen molar-refractivity contribution in [2.24, 2.45) is 11.8 Å². The maximum atomic E-state index is 3.67. The van der Waals surface area contributed by atoms with Crippen LogP contribution < -0.4 is 5.32 Å². The second-order valence-electron chi connectivity index (χ2n) is 6.92. The Morgan fingerprint density at radius 3 is 2.76 bits per heavy atom. The summed E-state index contributed by atoms with van der Waals surface area (Å²) in [6.07, 6.45) is 6.99. The zero-order chi connectivity index (χ0) is 14.9. The fourth-order valence-electron chi connectivity index (χ4n) is 3.50. The van der Waals surface area contributed by atoms with E-state index >= 15 is 0 Å². The average Bonchev–Trinajstić information content (AvgIpc) is 2.48. The molecule has 118 valence electrons.